The summed E-state index contributed by atoms with van der Waals surface area (Å²) in [4.78, 5) is 15.5. The predicted molar refractivity (Wildman–Crippen MR) is 209 cm³/mol. The van der Waals surface area contributed by atoms with Crippen molar-refractivity contribution in [3.8, 4) is 56.4 Å². The van der Waals surface area contributed by atoms with Gasteiger partial charge in [-0.05, 0) is 50.5 Å². The van der Waals surface area contributed by atoms with Crippen molar-refractivity contribution < 1.29 is 4.42 Å². The molecule has 0 saturated carbocycles. The van der Waals surface area contributed by atoms with E-state index in [2.05, 4.69) is 127 Å². The van der Waals surface area contributed by atoms with Gasteiger partial charge in [0.15, 0.2) is 17.5 Å². The SMILES string of the molecule is c1ccc(-c2nc(-c3ccc(-c4cccc5ccccc45)cc3)nc(-c3cc4c5ccccc5oc4c4c(-c5ccccc5)cccc34)n2)cc1. The molecule has 8 aromatic carbocycles. The molecule has 2 heterocycles. The van der Waals surface area contributed by atoms with Crippen LogP contribution in [0.3, 0.4) is 0 Å². The Morgan fingerprint density at radius 3 is 1.65 bits per heavy atom. The molecule has 4 nitrogen and oxygen atoms in total. The summed E-state index contributed by atoms with van der Waals surface area (Å²) in [5.41, 5.74) is 9.04. The Morgan fingerprint density at radius 2 is 0.863 bits per heavy atom. The van der Waals surface area contributed by atoms with Gasteiger partial charge in [0.05, 0.1) is 0 Å². The highest BCUT2D eigenvalue weighted by Gasteiger charge is 2.21. The van der Waals surface area contributed by atoms with E-state index in [-0.39, 0.29) is 0 Å². The molecule has 0 fully saturated rings. The molecular formula is C47H29N3O. The van der Waals surface area contributed by atoms with Gasteiger partial charge in [-0.1, -0.05) is 164 Å². The predicted octanol–water partition coefficient (Wildman–Crippen LogP) is 12.4. The number of rotatable bonds is 5. The standard InChI is InChI=1S/C47H29N3O/c1-3-13-31(14-4-1)37-22-12-23-39-41(29-40-38-20-9-10-24-42(38)51-44(40)43(37)39)47-49-45(33-16-5-2-6-17-33)48-46(50-47)34-27-25-32(26-28-34)36-21-11-18-30-15-7-8-19-35(30)36/h1-29H. The Labute approximate surface area is 294 Å². The van der Waals surface area contributed by atoms with E-state index in [0.29, 0.717) is 17.5 Å². The van der Waals surface area contributed by atoms with Crippen LogP contribution in [0.1, 0.15) is 0 Å². The third-order valence-corrected chi connectivity index (χ3v) is 9.74. The highest BCUT2D eigenvalue weighted by Crippen LogP contribution is 2.43. The molecule has 0 unspecified atom stereocenters. The molecule has 51 heavy (non-hydrogen) atoms. The molecule has 238 valence electrons. The van der Waals surface area contributed by atoms with Gasteiger partial charge in [-0.2, -0.15) is 0 Å². The van der Waals surface area contributed by atoms with Gasteiger partial charge in [0.25, 0.3) is 0 Å². The second kappa shape index (κ2) is 11.9. The van der Waals surface area contributed by atoms with Crippen LogP contribution in [0.25, 0.3) is 99.9 Å². The van der Waals surface area contributed by atoms with E-state index in [0.717, 1.165) is 66.1 Å². The van der Waals surface area contributed by atoms with Crippen molar-refractivity contribution >= 4 is 43.5 Å². The van der Waals surface area contributed by atoms with E-state index in [1.165, 1.54) is 16.3 Å². The van der Waals surface area contributed by atoms with Gasteiger partial charge in [-0.15, -0.1) is 0 Å². The maximum atomic E-state index is 6.63. The molecule has 0 atom stereocenters. The summed E-state index contributed by atoms with van der Waals surface area (Å²) in [7, 11) is 0. The lowest BCUT2D eigenvalue weighted by molar-refractivity contribution is 0.673. The third kappa shape index (κ3) is 4.96. The number of para-hydroxylation sites is 1. The largest absolute Gasteiger partial charge is 0.455 e. The van der Waals surface area contributed by atoms with Gasteiger partial charge in [0.2, 0.25) is 0 Å². The molecule has 0 aliphatic carbocycles. The van der Waals surface area contributed by atoms with Crippen molar-refractivity contribution in [2.24, 2.45) is 0 Å². The van der Waals surface area contributed by atoms with Crippen molar-refractivity contribution in [2.45, 2.75) is 0 Å². The van der Waals surface area contributed by atoms with Crippen LogP contribution in [0.2, 0.25) is 0 Å². The zero-order valence-corrected chi connectivity index (χ0v) is 27.5. The third-order valence-electron chi connectivity index (χ3n) is 9.74. The summed E-state index contributed by atoms with van der Waals surface area (Å²) in [5, 5.41) is 6.59. The number of furan rings is 1. The number of hydrogen-bond donors (Lipinski definition) is 0. The lowest BCUT2D eigenvalue weighted by atomic mass is 9.93. The summed E-state index contributed by atoms with van der Waals surface area (Å²) >= 11 is 0. The second-order valence-corrected chi connectivity index (χ2v) is 12.8. The van der Waals surface area contributed by atoms with E-state index in [9.17, 15) is 0 Å². The number of nitrogens with zero attached hydrogens (tertiary/aromatic N) is 3. The van der Waals surface area contributed by atoms with Crippen molar-refractivity contribution in [3.63, 3.8) is 0 Å². The minimum atomic E-state index is 0.611. The van der Waals surface area contributed by atoms with Crippen molar-refractivity contribution in [1.82, 2.24) is 15.0 Å². The Bertz CT molecular complexity index is 2890. The molecule has 0 saturated heterocycles. The normalized spacial score (nSPS) is 11.5. The van der Waals surface area contributed by atoms with Crippen LogP contribution in [-0.4, -0.2) is 15.0 Å². The fourth-order valence-corrected chi connectivity index (χ4v) is 7.30. The molecule has 2 aromatic heterocycles. The van der Waals surface area contributed by atoms with Gasteiger partial charge in [-0.3, -0.25) is 0 Å². The average molecular weight is 652 g/mol. The van der Waals surface area contributed by atoms with Crippen LogP contribution >= 0.6 is 0 Å². The first kappa shape index (κ1) is 29.0. The van der Waals surface area contributed by atoms with Crippen molar-refractivity contribution in [1.29, 1.82) is 0 Å². The summed E-state index contributed by atoms with van der Waals surface area (Å²) < 4.78 is 6.63. The zero-order chi connectivity index (χ0) is 33.7. The van der Waals surface area contributed by atoms with Crippen LogP contribution in [0.5, 0.6) is 0 Å². The second-order valence-electron chi connectivity index (χ2n) is 12.8. The maximum absolute atomic E-state index is 6.63. The van der Waals surface area contributed by atoms with E-state index >= 15 is 0 Å². The number of fused-ring (bicyclic) bond motifs is 6. The lowest BCUT2D eigenvalue weighted by Gasteiger charge is -2.13. The summed E-state index contributed by atoms with van der Waals surface area (Å²) in [6.07, 6.45) is 0. The summed E-state index contributed by atoms with van der Waals surface area (Å²) in [6.45, 7) is 0. The Morgan fingerprint density at radius 1 is 0.333 bits per heavy atom. The van der Waals surface area contributed by atoms with Gasteiger partial charge in [0.1, 0.15) is 11.2 Å². The number of aromatic nitrogens is 3. The van der Waals surface area contributed by atoms with Crippen molar-refractivity contribution in [2.75, 3.05) is 0 Å². The highest BCUT2D eigenvalue weighted by molar-refractivity contribution is 6.22. The molecule has 0 spiro atoms. The van der Waals surface area contributed by atoms with E-state index in [4.69, 9.17) is 19.4 Å². The Balaban J connectivity index is 1.21. The monoisotopic (exact) mass is 651 g/mol. The fraction of sp³-hybridized carbons (Fsp3) is 0. The molecule has 0 aliphatic heterocycles. The minimum Gasteiger partial charge on any atom is -0.455 e. The molecule has 4 heteroatoms. The first-order valence-corrected chi connectivity index (χ1v) is 17.1. The Kier molecular flexibility index (Phi) is 6.78. The zero-order valence-electron chi connectivity index (χ0n) is 27.5. The topological polar surface area (TPSA) is 51.8 Å². The number of benzene rings is 8. The van der Waals surface area contributed by atoms with E-state index in [1.807, 2.05) is 48.5 Å². The molecule has 10 aromatic rings. The quantitative estimate of drug-likeness (QED) is 0.186. The van der Waals surface area contributed by atoms with Gasteiger partial charge >= 0.3 is 0 Å². The van der Waals surface area contributed by atoms with Gasteiger partial charge in [-0.25, -0.2) is 15.0 Å². The molecule has 10 rings (SSSR count). The minimum absolute atomic E-state index is 0.611. The average Bonchev–Trinajstić information content (AvgIpc) is 3.59. The van der Waals surface area contributed by atoms with Gasteiger partial charge in [0, 0.05) is 32.8 Å². The van der Waals surface area contributed by atoms with Crippen LogP contribution in [0.15, 0.2) is 180 Å². The first-order valence-electron chi connectivity index (χ1n) is 17.1. The maximum Gasteiger partial charge on any atom is 0.164 e. The van der Waals surface area contributed by atoms with Gasteiger partial charge < -0.3 is 4.42 Å². The molecule has 0 radical (unpaired) electrons. The smallest absolute Gasteiger partial charge is 0.164 e. The summed E-state index contributed by atoms with van der Waals surface area (Å²) in [5.74, 6) is 1.85. The molecular weight excluding hydrogens is 623 g/mol. The Hall–Kier alpha value is -6.91. The van der Waals surface area contributed by atoms with Crippen LogP contribution in [-0.2, 0) is 0 Å². The summed E-state index contributed by atoms with van der Waals surface area (Å²) in [6, 6.07) is 60.9. The van der Waals surface area contributed by atoms with Crippen LogP contribution < -0.4 is 0 Å². The molecule has 0 N–H and O–H groups in total. The lowest BCUT2D eigenvalue weighted by Crippen LogP contribution is -2.01. The number of hydrogen-bond acceptors (Lipinski definition) is 4. The van der Waals surface area contributed by atoms with Crippen LogP contribution in [0.4, 0.5) is 0 Å². The molecule has 0 aliphatic rings. The van der Waals surface area contributed by atoms with Crippen molar-refractivity contribution in [3.05, 3.63) is 176 Å². The highest BCUT2D eigenvalue weighted by atomic mass is 16.3. The molecule has 0 bridgehead atoms. The van der Waals surface area contributed by atoms with E-state index < -0.39 is 0 Å². The van der Waals surface area contributed by atoms with E-state index in [1.54, 1.807) is 0 Å². The first-order chi connectivity index (χ1) is 25.3. The van der Waals surface area contributed by atoms with Crippen LogP contribution in [0, 0.1) is 0 Å². The fourth-order valence-electron chi connectivity index (χ4n) is 7.30. The molecule has 0 amide bonds.